The highest BCUT2D eigenvalue weighted by molar-refractivity contribution is 7.20. The lowest BCUT2D eigenvalue weighted by Gasteiger charge is -2.33. The summed E-state index contributed by atoms with van der Waals surface area (Å²) >= 11 is 1.17. The van der Waals surface area contributed by atoms with Crippen molar-refractivity contribution < 1.29 is 23.9 Å². The third-order valence-electron chi connectivity index (χ3n) is 4.64. The molecule has 32 heavy (non-hydrogen) atoms. The average molecular weight is 462 g/mol. The Bertz CT molecular complexity index is 991. The van der Waals surface area contributed by atoms with Gasteiger partial charge in [0.05, 0.1) is 5.56 Å². The van der Waals surface area contributed by atoms with Crippen LogP contribution in [0, 0.1) is 0 Å². The Balaban J connectivity index is 1.60. The first kappa shape index (κ1) is 23.3. The number of urea groups is 1. The van der Waals surface area contributed by atoms with E-state index in [1.807, 2.05) is 26.8 Å². The first-order valence-electron chi connectivity index (χ1n) is 10.1. The highest BCUT2D eigenvalue weighted by atomic mass is 32.1. The molecule has 1 fully saturated rings. The molecule has 1 aliphatic rings. The number of nitrogens with zero attached hydrogens (tertiary/aromatic N) is 2. The van der Waals surface area contributed by atoms with E-state index in [-0.39, 0.29) is 22.8 Å². The van der Waals surface area contributed by atoms with Crippen LogP contribution in [0.2, 0.25) is 0 Å². The van der Waals surface area contributed by atoms with Gasteiger partial charge in [0.1, 0.15) is 16.7 Å². The summed E-state index contributed by atoms with van der Waals surface area (Å²) < 4.78 is 11.4. The quantitative estimate of drug-likeness (QED) is 0.622. The minimum atomic E-state index is -0.777. The molecule has 4 amide bonds. The number of nitrogens with one attached hydrogen (secondary N) is 1. The van der Waals surface area contributed by atoms with Crippen molar-refractivity contribution in [2.45, 2.75) is 45.3 Å². The lowest BCUT2D eigenvalue weighted by molar-refractivity contribution is 0.0123. The van der Waals surface area contributed by atoms with Gasteiger partial charge in [-0.05, 0) is 32.9 Å². The maximum atomic E-state index is 12.2. The molecule has 1 aliphatic heterocycles. The Hall–Kier alpha value is -3.34. The number of primary amides is 2. The van der Waals surface area contributed by atoms with Crippen LogP contribution >= 0.6 is 11.3 Å². The summed E-state index contributed by atoms with van der Waals surface area (Å²) in [5, 5.41) is 2.70. The molecule has 5 N–H and O–H groups in total. The predicted molar refractivity (Wildman–Crippen MR) is 121 cm³/mol. The van der Waals surface area contributed by atoms with Gasteiger partial charge in [0.2, 0.25) is 5.88 Å². The van der Waals surface area contributed by atoms with Crippen molar-refractivity contribution in [3.05, 3.63) is 30.0 Å². The zero-order valence-electron chi connectivity index (χ0n) is 18.2. The van der Waals surface area contributed by atoms with E-state index in [4.69, 9.17) is 20.9 Å². The fourth-order valence-electron chi connectivity index (χ4n) is 3.17. The van der Waals surface area contributed by atoms with Crippen LogP contribution in [0.1, 0.15) is 44.0 Å². The molecule has 3 rings (SSSR count). The van der Waals surface area contributed by atoms with Crippen molar-refractivity contribution in [2.75, 3.05) is 18.4 Å². The molecule has 172 valence electrons. The Morgan fingerprint density at radius 1 is 1.19 bits per heavy atom. The van der Waals surface area contributed by atoms with Crippen molar-refractivity contribution in [3.63, 3.8) is 0 Å². The Kier molecular flexibility index (Phi) is 6.87. The Labute approximate surface area is 189 Å². The van der Waals surface area contributed by atoms with E-state index in [0.29, 0.717) is 36.7 Å². The lowest BCUT2D eigenvalue weighted by atomic mass is 10.1. The van der Waals surface area contributed by atoms with Crippen molar-refractivity contribution in [3.8, 4) is 16.3 Å². The smallest absolute Gasteiger partial charge is 0.410 e. The number of aromatic nitrogens is 1. The standard InChI is InChI=1S/C21H27N5O5S/c1-21(2,3)31-20(29)26-8-6-13(7-9-26)30-16-5-4-12(11-24-16)15-10-14(17(22)27)18(32-15)25-19(23)28/h4-5,10-11,13H,6-9H2,1-3H3,(H2,22,27)(H3,23,25,28). The summed E-state index contributed by atoms with van der Waals surface area (Å²) in [5.41, 5.74) is 10.9. The van der Waals surface area contributed by atoms with Crippen LogP contribution in [0.25, 0.3) is 10.4 Å². The fraction of sp³-hybridized carbons (Fsp3) is 0.429. The molecular formula is C21H27N5O5S. The molecule has 0 radical (unpaired) electrons. The van der Waals surface area contributed by atoms with Gasteiger partial charge in [-0.25, -0.2) is 14.6 Å². The first-order valence-corrected chi connectivity index (χ1v) is 10.9. The Morgan fingerprint density at radius 2 is 1.88 bits per heavy atom. The zero-order valence-corrected chi connectivity index (χ0v) is 19.0. The molecule has 1 saturated heterocycles. The first-order chi connectivity index (χ1) is 15.0. The number of carbonyl (C=O) groups is 3. The molecular weight excluding hydrogens is 434 g/mol. The van der Waals surface area contributed by atoms with Gasteiger partial charge in [0.15, 0.2) is 0 Å². The molecule has 11 heteroatoms. The second-order valence-corrected chi connectivity index (χ2v) is 9.43. The molecule has 10 nitrogen and oxygen atoms in total. The van der Waals surface area contributed by atoms with E-state index in [2.05, 4.69) is 10.3 Å². The predicted octanol–water partition coefficient (Wildman–Crippen LogP) is 3.18. The largest absolute Gasteiger partial charge is 0.474 e. The van der Waals surface area contributed by atoms with Gasteiger partial charge < -0.3 is 25.8 Å². The van der Waals surface area contributed by atoms with Crippen molar-refractivity contribution in [1.29, 1.82) is 0 Å². The highest BCUT2D eigenvalue weighted by Crippen LogP contribution is 2.35. The maximum absolute atomic E-state index is 12.2. The summed E-state index contributed by atoms with van der Waals surface area (Å²) in [4.78, 5) is 41.7. The minimum absolute atomic E-state index is 0.0541. The molecule has 0 spiro atoms. The van der Waals surface area contributed by atoms with Gasteiger partial charge in [-0.15, -0.1) is 11.3 Å². The third-order valence-corrected chi connectivity index (χ3v) is 5.74. The molecule has 0 saturated carbocycles. The van der Waals surface area contributed by atoms with Crippen LogP contribution in [0.3, 0.4) is 0 Å². The second-order valence-electron chi connectivity index (χ2n) is 8.38. The summed E-state index contributed by atoms with van der Waals surface area (Å²) in [7, 11) is 0. The number of anilines is 1. The zero-order chi connectivity index (χ0) is 23.5. The summed E-state index contributed by atoms with van der Waals surface area (Å²) in [6, 6.07) is 4.35. The number of hydrogen-bond acceptors (Lipinski definition) is 7. The third kappa shape index (κ3) is 6.10. The monoisotopic (exact) mass is 461 g/mol. The molecule has 0 unspecified atom stereocenters. The number of piperidine rings is 1. The maximum Gasteiger partial charge on any atom is 0.410 e. The average Bonchev–Trinajstić information content (AvgIpc) is 3.11. The normalized spacial score (nSPS) is 14.7. The van der Waals surface area contributed by atoms with Crippen LogP contribution < -0.4 is 21.5 Å². The number of amides is 4. The van der Waals surface area contributed by atoms with E-state index in [0.717, 1.165) is 5.56 Å². The van der Waals surface area contributed by atoms with E-state index in [9.17, 15) is 14.4 Å². The van der Waals surface area contributed by atoms with E-state index in [1.165, 1.54) is 11.3 Å². The van der Waals surface area contributed by atoms with Gasteiger partial charge in [0.25, 0.3) is 5.91 Å². The van der Waals surface area contributed by atoms with Crippen molar-refractivity contribution in [1.82, 2.24) is 9.88 Å². The van der Waals surface area contributed by atoms with Gasteiger partial charge >= 0.3 is 12.1 Å². The number of likely N-dealkylation sites (tertiary alicyclic amines) is 1. The van der Waals surface area contributed by atoms with Crippen molar-refractivity contribution in [2.24, 2.45) is 11.5 Å². The number of carbonyl (C=O) groups excluding carboxylic acids is 3. The molecule has 0 aliphatic carbocycles. The molecule has 2 aromatic rings. The van der Waals surface area contributed by atoms with Crippen LogP contribution in [-0.2, 0) is 4.74 Å². The van der Waals surface area contributed by atoms with Crippen LogP contribution in [0.15, 0.2) is 24.4 Å². The molecule has 0 bridgehead atoms. The number of ether oxygens (including phenoxy) is 2. The minimum Gasteiger partial charge on any atom is -0.474 e. The van der Waals surface area contributed by atoms with Crippen molar-refractivity contribution >= 4 is 34.4 Å². The van der Waals surface area contributed by atoms with E-state index < -0.39 is 17.5 Å². The van der Waals surface area contributed by atoms with Crippen LogP contribution in [0.5, 0.6) is 5.88 Å². The van der Waals surface area contributed by atoms with E-state index in [1.54, 1.807) is 23.2 Å². The van der Waals surface area contributed by atoms with Gasteiger partial charge in [0, 0.05) is 48.6 Å². The second kappa shape index (κ2) is 9.43. The van der Waals surface area contributed by atoms with Crippen LogP contribution in [0.4, 0.5) is 14.6 Å². The van der Waals surface area contributed by atoms with Gasteiger partial charge in [-0.1, -0.05) is 0 Å². The summed E-state index contributed by atoms with van der Waals surface area (Å²) in [5.74, 6) is -0.200. The van der Waals surface area contributed by atoms with E-state index >= 15 is 0 Å². The number of rotatable bonds is 5. The van der Waals surface area contributed by atoms with Gasteiger partial charge in [-0.3, -0.25) is 10.1 Å². The SMILES string of the molecule is CC(C)(C)OC(=O)N1CCC(Oc2ccc(-c3cc(C(N)=O)c(NC(N)=O)s3)cn2)CC1. The topological polar surface area (TPSA) is 150 Å². The molecule has 3 heterocycles. The number of thiophene rings is 1. The molecule has 2 aromatic heterocycles. The number of hydrogen-bond donors (Lipinski definition) is 3. The fourth-order valence-corrected chi connectivity index (χ4v) is 4.23. The number of pyridine rings is 1. The summed E-state index contributed by atoms with van der Waals surface area (Å²) in [6.45, 7) is 6.64. The summed E-state index contributed by atoms with van der Waals surface area (Å²) in [6.07, 6.45) is 2.61. The Morgan fingerprint density at radius 3 is 2.41 bits per heavy atom. The molecule has 0 aromatic carbocycles. The van der Waals surface area contributed by atoms with Gasteiger partial charge in [-0.2, -0.15) is 0 Å². The molecule has 0 atom stereocenters. The lowest BCUT2D eigenvalue weighted by Crippen LogP contribution is -2.44. The van der Waals surface area contributed by atoms with Crippen LogP contribution in [-0.4, -0.2) is 52.7 Å². The number of nitrogens with two attached hydrogens (primary N) is 2. The highest BCUT2D eigenvalue weighted by Gasteiger charge is 2.27.